The number of hydrogen-bond donors (Lipinski definition) is 1. The van der Waals surface area contributed by atoms with Gasteiger partial charge in [-0.1, -0.05) is 94.4 Å². The van der Waals surface area contributed by atoms with Crippen LogP contribution in [0.2, 0.25) is 0 Å². The molecule has 4 rings (SSSR count). The molecule has 1 amide bonds. The molecule has 5 heteroatoms. The summed E-state index contributed by atoms with van der Waals surface area (Å²) in [5.41, 5.74) is 3.55. The summed E-state index contributed by atoms with van der Waals surface area (Å²) in [7, 11) is 0. The number of rotatable bonds is 9. The number of anilines is 1. The fourth-order valence-corrected chi connectivity index (χ4v) is 4.65. The van der Waals surface area contributed by atoms with Crippen molar-refractivity contribution in [3.05, 3.63) is 107 Å². The normalized spacial score (nSPS) is 15.8. The molecule has 1 unspecified atom stereocenters. The number of aliphatic hydroxyl groups is 1. The Morgan fingerprint density at radius 2 is 1.59 bits per heavy atom. The Morgan fingerprint density at radius 3 is 2.24 bits per heavy atom. The van der Waals surface area contributed by atoms with Gasteiger partial charge >= 0.3 is 0 Å². The first-order valence-electron chi connectivity index (χ1n) is 12.9. The SMILES string of the molecule is CCCOc1ccccc1N1C(=O)C(O)=C(C(=O)CCc2ccccc2)C1c1ccc(C(C)(C)C)cc1. The predicted molar refractivity (Wildman–Crippen MR) is 147 cm³/mol. The first-order chi connectivity index (χ1) is 17.7. The summed E-state index contributed by atoms with van der Waals surface area (Å²) in [6.07, 6.45) is 1.53. The van der Waals surface area contributed by atoms with Crippen molar-refractivity contribution >= 4 is 17.4 Å². The minimum atomic E-state index is -0.754. The van der Waals surface area contributed by atoms with Crippen molar-refractivity contribution < 1.29 is 19.4 Å². The maximum Gasteiger partial charge on any atom is 0.294 e. The lowest BCUT2D eigenvalue weighted by Crippen LogP contribution is -2.31. The molecule has 3 aromatic carbocycles. The van der Waals surface area contributed by atoms with Crippen LogP contribution < -0.4 is 9.64 Å². The zero-order valence-corrected chi connectivity index (χ0v) is 22.0. The molecule has 0 bridgehead atoms. The van der Waals surface area contributed by atoms with Crippen LogP contribution >= 0.6 is 0 Å². The molecule has 3 aromatic rings. The van der Waals surface area contributed by atoms with Crippen molar-refractivity contribution in [2.75, 3.05) is 11.5 Å². The van der Waals surface area contributed by atoms with E-state index in [2.05, 4.69) is 20.8 Å². The van der Waals surface area contributed by atoms with Crippen molar-refractivity contribution in [3.63, 3.8) is 0 Å². The second-order valence-electron chi connectivity index (χ2n) is 10.4. The van der Waals surface area contributed by atoms with Gasteiger partial charge in [0.15, 0.2) is 11.5 Å². The van der Waals surface area contributed by atoms with E-state index in [4.69, 9.17) is 4.74 Å². The third-order valence-corrected chi connectivity index (χ3v) is 6.67. The Morgan fingerprint density at radius 1 is 0.946 bits per heavy atom. The summed E-state index contributed by atoms with van der Waals surface area (Å²) in [6.45, 7) is 8.92. The number of aryl methyl sites for hydroxylation is 1. The molecule has 192 valence electrons. The Hall–Kier alpha value is -3.86. The minimum Gasteiger partial charge on any atom is -0.503 e. The highest BCUT2D eigenvalue weighted by atomic mass is 16.5. The van der Waals surface area contributed by atoms with Crippen LogP contribution in [0.15, 0.2) is 90.2 Å². The minimum absolute atomic E-state index is 0.0450. The quantitative estimate of drug-likeness (QED) is 0.350. The maximum atomic E-state index is 13.6. The van der Waals surface area contributed by atoms with E-state index in [1.807, 2.05) is 79.7 Å². The summed E-state index contributed by atoms with van der Waals surface area (Å²) in [5.74, 6) is -0.789. The Bertz CT molecular complexity index is 1290. The zero-order chi connectivity index (χ0) is 26.6. The Balaban J connectivity index is 1.76. The Kier molecular flexibility index (Phi) is 7.82. The number of carbonyl (C=O) groups excluding carboxylic acids is 2. The average Bonchev–Trinajstić information content (AvgIpc) is 3.16. The standard InChI is InChI=1S/C32H35NO4/c1-5-21-37-27-14-10-9-13-25(27)33-29(23-16-18-24(19-17-23)32(2,3)4)28(30(35)31(33)36)26(34)20-15-22-11-7-6-8-12-22/h6-14,16-19,29,35H,5,15,20-21H2,1-4H3. The molecule has 0 spiro atoms. The molecule has 1 heterocycles. The number of Topliss-reactive ketones (excluding diaryl/α,β-unsaturated/α-hetero) is 1. The first kappa shape index (κ1) is 26.2. The highest BCUT2D eigenvalue weighted by Gasteiger charge is 2.45. The maximum absolute atomic E-state index is 13.6. The van der Waals surface area contributed by atoms with Gasteiger partial charge in [0.2, 0.25) is 0 Å². The molecule has 0 saturated carbocycles. The second-order valence-corrected chi connectivity index (χ2v) is 10.4. The lowest BCUT2D eigenvalue weighted by molar-refractivity contribution is -0.118. The summed E-state index contributed by atoms with van der Waals surface area (Å²) < 4.78 is 5.95. The van der Waals surface area contributed by atoms with E-state index in [-0.39, 0.29) is 23.2 Å². The van der Waals surface area contributed by atoms with Crippen LogP contribution in [0, 0.1) is 0 Å². The van der Waals surface area contributed by atoms with Crippen molar-refractivity contribution in [2.24, 2.45) is 0 Å². The van der Waals surface area contributed by atoms with Crippen LogP contribution in [-0.2, 0) is 21.4 Å². The van der Waals surface area contributed by atoms with Gasteiger partial charge in [-0.3, -0.25) is 14.5 Å². The van der Waals surface area contributed by atoms with Gasteiger partial charge in [-0.2, -0.15) is 0 Å². The van der Waals surface area contributed by atoms with E-state index in [1.54, 1.807) is 6.07 Å². The summed E-state index contributed by atoms with van der Waals surface area (Å²) >= 11 is 0. The first-order valence-corrected chi connectivity index (χ1v) is 12.9. The number of amides is 1. The third kappa shape index (κ3) is 5.61. The fraction of sp³-hybridized carbons (Fsp3) is 0.312. The molecule has 0 saturated heterocycles. The fourth-order valence-electron chi connectivity index (χ4n) is 4.65. The smallest absolute Gasteiger partial charge is 0.294 e. The number of aliphatic hydroxyl groups excluding tert-OH is 1. The highest BCUT2D eigenvalue weighted by Crippen LogP contribution is 2.44. The van der Waals surface area contributed by atoms with E-state index in [0.29, 0.717) is 24.5 Å². The number of carbonyl (C=O) groups is 2. The molecule has 0 aliphatic carbocycles. The molecule has 0 fully saturated rings. The van der Waals surface area contributed by atoms with Gasteiger partial charge in [0.1, 0.15) is 5.75 Å². The van der Waals surface area contributed by atoms with Crippen LogP contribution in [0.25, 0.3) is 0 Å². The molecule has 1 atom stereocenters. The van der Waals surface area contributed by atoms with Crippen molar-refractivity contribution in [3.8, 4) is 5.75 Å². The highest BCUT2D eigenvalue weighted by molar-refractivity contribution is 6.17. The van der Waals surface area contributed by atoms with Gasteiger partial charge in [-0.25, -0.2) is 0 Å². The van der Waals surface area contributed by atoms with Gasteiger partial charge in [0, 0.05) is 6.42 Å². The number of para-hydroxylation sites is 2. The van der Waals surface area contributed by atoms with Crippen LogP contribution in [0.1, 0.15) is 63.3 Å². The molecular weight excluding hydrogens is 462 g/mol. The molecule has 0 aromatic heterocycles. The second kappa shape index (κ2) is 11.0. The largest absolute Gasteiger partial charge is 0.503 e. The van der Waals surface area contributed by atoms with Crippen LogP contribution in [0.4, 0.5) is 5.69 Å². The van der Waals surface area contributed by atoms with Gasteiger partial charge in [-0.15, -0.1) is 0 Å². The number of benzene rings is 3. The summed E-state index contributed by atoms with van der Waals surface area (Å²) in [5, 5.41) is 11.1. The molecule has 0 radical (unpaired) electrons. The Labute approximate surface area is 219 Å². The summed E-state index contributed by atoms with van der Waals surface area (Å²) in [4.78, 5) is 28.6. The number of ether oxygens (including phenoxy) is 1. The summed E-state index contributed by atoms with van der Waals surface area (Å²) in [6, 6.07) is 24.2. The lowest BCUT2D eigenvalue weighted by atomic mass is 9.85. The monoisotopic (exact) mass is 497 g/mol. The predicted octanol–water partition coefficient (Wildman–Crippen LogP) is 6.87. The number of hydrogen-bond acceptors (Lipinski definition) is 4. The zero-order valence-electron chi connectivity index (χ0n) is 22.0. The van der Waals surface area contributed by atoms with Crippen molar-refractivity contribution in [2.45, 2.75) is 58.4 Å². The molecule has 1 aliphatic rings. The van der Waals surface area contributed by atoms with Gasteiger partial charge in [0.25, 0.3) is 5.91 Å². The van der Waals surface area contributed by atoms with Crippen LogP contribution in [0.3, 0.4) is 0 Å². The number of nitrogens with zero attached hydrogens (tertiary/aromatic N) is 1. The molecule has 1 N–H and O–H groups in total. The van der Waals surface area contributed by atoms with E-state index < -0.39 is 17.7 Å². The van der Waals surface area contributed by atoms with E-state index in [1.165, 1.54) is 4.90 Å². The van der Waals surface area contributed by atoms with Crippen LogP contribution in [-0.4, -0.2) is 23.4 Å². The van der Waals surface area contributed by atoms with Crippen molar-refractivity contribution in [1.29, 1.82) is 0 Å². The van der Waals surface area contributed by atoms with E-state index >= 15 is 0 Å². The van der Waals surface area contributed by atoms with Gasteiger partial charge in [-0.05, 0) is 47.1 Å². The molecule has 1 aliphatic heterocycles. The van der Waals surface area contributed by atoms with Crippen molar-refractivity contribution in [1.82, 2.24) is 0 Å². The van der Waals surface area contributed by atoms with E-state index in [0.717, 1.165) is 23.1 Å². The van der Waals surface area contributed by atoms with E-state index in [9.17, 15) is 14.7 Å². The molecule has 5 nitrogen and oxygen atoms in total. The third-order valence-electron chi connectivity index (χ3n) is 6.67. The van der Waals surface area contributed by atoms with Gasteiger partial charge < -0.3 is 9.84 Å². The lowest BCUT2D eigenvalue weighted by Gasteiger charge is -2.29. The number of ketones is 1. The molecule has 37 heavy (non-hydrogen) atoms. The molecular formula is C32H35NO4. The average molecular weight is 498 g/mol. The van der Waals surface area contributed by atoms with Crippen LogP contribution in [0.5, 0.6) is 5.75 Å². The van der Waals surface area contributed by atoms with Gasteiger partial charge in [0.05, 0.1) is 23.9 Å². The topological polar surface area (TPSA) is 66.8 Å².